The summed E-state index contributed by atoms with van der Waals surface area (Å²) in [7, 11) is -1.98. The van der Waals surface area contributed by atoms with Crippen molar-refractivity contribution < 1.29 is 17.9 Å². The Hall–Kier alpha value is -1.64. The average Bonchev–Trinajstić information content (AvgIpc) is 3.27. The summed E-state index contributed by atoms with van der Waals surface area (Å²) in [6.07, 6.45) is 2.49. The van der Waals surface area contributed by atoms with Gasteiger partial charge < -0.3 is 15.0 Å². The predicted octanol–water partition coefficient (Wildman–Crippen LogP) is 1.94. The Morgan fingerprint density at radius 2 is 1.87 bits per heavy atom. The topological polar surface area (TPSA) is 79.0 Å². The number of ether oxygens (including phenoxy) is 1. The first-order valence-corrected chi connectivity index (χ1v) is 12.4. The molecule has 1 N–H and O–H groups in total. The van der Waals surface area contributed by atoms with Crippen LogP contribution in [0.15, 0.2) is 29.2 Å². The predicted molar refractivity (Wildman–Crippen MR) is 115 cm³/mol. The Morgan fingerprint density at radius 3 is 2.47 bits per heavy atom. The number of nitrogens with one attached hydrogen (secondary N) is 1. The second-order valence-electron chi connectivity index (χ2n) is 9.17. The molecule has 1 aromatic carbocycles. The molecule has 3 aliphatic heterocycles. The van der Waals surface area contributed by atoms with E-state index >= 15 is 0 Å². The maximum absolute atomic E-state index is 13.1. The number of nitrogens with zero attached hydrogens (tertiary/aromatic N) is 2. The van der Waals surface area contributed by atoms with Crippen LogP contribution in [-0.4, -0.2) is 68.9 Å². The molecule has 7 nitrogen and oxygen atoms in total. The van der Waals surface area contributed by atoms with Crippen LogP contribution in [0.1, 0.15) is 33.1 Å². The molecule has 0 saturated carbocycles. The maximum Gasteiger partial charge on any atom is 0.243 e. The fourth-order valence-corrected chi connectivity index (χ4v) is 6.82. The van der Waals surface area contributed by atoms with Crippen molar-refractivity contribution in [1.29, 1.82) is 0 Å². The fraction of sp³-hybridized carbons (Fsp3) is 0.682. The molecule has 1 aromatic rings. The second kappa shape index (κ2) is 8.13. The summed E-state index contributed by atoms with van der Waals surface area (Å²) in [5.41, 5.74) is -0.266. The van der Waals surface area contributed by atoms with E-state index in [-0.39, 0.29) is 28.2 Å². The molecule has 0 aromatic heterocycles. The van der Waals surface area contributed by atoms with Crippen molar-refractivity contribution in [3.8, 4) is 5.75 Å². The number of methoxy groups -OCH3 is 1. The van der Waals surface area contributed by atoms with Gasteiger partial charge in [-0.2, -0.15) is 4.31 Å². The first-order chi connectivity index (χ1) is 14.3. The number of sulfonamides is 1. The second-order valence-corrected chi connectivity index (χ2v) is 11.1. The molecule has 3 atom stereocenters. The van der Waals surface area contributed by atoms with Crippen LogP contribution in [-0.2, 0) is 14.8 Å². The van der Waals surface area contributed by atoms with E-state index in [1.54, 1.807) is 35.7 Å². The van der Waals surface area contributed by atoms with Gasteiger partial charge in [0.05, 0.1) is 17.9 Å². The number of hydrogen-bond acceptors (Lipinski definition) is 5. The van der Waals surface area contributed by atoms with Crippen LogP contribution >= 0.6 is 0 Å². The van der Waals surface area contributed by atoms with Crippen LogP contribution in [0.2, 0.25) is 0 Å². The molecule has 3 saturated heterocycles. The van der Waals surface area contributed by atoms with Crippen LogP contribution in [0.5, 0.6) is 5.75 Å². The van der Waals surface area contributed by atoms with Gasteiger partial charge >= 0.3 is 0 Å². The van der Waals surface area contributed by atoms with Crippen molar-refractivity contribution in [2.75, 3.05) is 39.8 Å². The summed E-state index contributed by atoms with van der Waals surface area (Å²) in [5.74, 6) is 1.73. The third-order valence-electron chi connectivity index (χ3n) is 7.39. The van der Waals surface area contributed by atoms with Gasteiger partial charge in [0.1, 0.15) is 5.75 Å². The number of rotatable bonds is 6. The Bertz CT molecular complexity index is 878. The Balaban J connectivity index is 1.45. The summed E-state index contributed by atoms with van der Waals surface area (Å²) in [5, 5.41) is 3.28. The highest BCUT2D eigenvalue weighted by Gasteiger charge is 2.57. The lowest BCUT2D eigenvalue weighted by Gasteiger charge is -2.42. The Labute approximate surface area is 179 Å². The number of carbonyl (C=O) groups is 1. The van der Waals surface area contributed by atoms with Gasteiger partial charge in [-0.3, -0.25) is 4.79 Å². The molecule has 30 heavy (non-hydrogen) atoms. The minimum atomic E-state index is -3.54. The fourth-order valence-electron chi connectivity index (χ4n) is 5.38. The molecule has 1 amide bonds. The van der Waals surface area contributed by atoms with Crippen LogP contribution in [0, 0.1) is 17.8 Å². The van der Waals surface area contributed by atoms with Crippen LogP contribution in [0.25, 0.3) is 0 Å². The lowest BCUT2D eigenvalue weighted by atomic mass is 9.76. The molecule has 0 radical (unpaired) electrons. The molecule has 8 heteroatoms. The first-order valence-electron chi connectivity index (χ1n) is 11.0. The average molecular weight is 436 g/mol. The molecule has 3 heterocycles. The highest BCUT2D eigenvalue weighted by molar-refractivity contribution is 7.89. The number of likely N-dealkylation sites (tertiary alicyclic amines) is 1. The SMILES string of the molecule is CC[C@@H](C)CN1C[C@H]2C(=O)NC3(CCN(S(=O)(=O)c4ccc(OC)cc4)CC3)[C@H]2C1. The van der Waals surface area contributed by atoms with Crippen LogP contribution < -0.4 is 10.1 Å². The molecule has 0 unspecified atom stereocenters. The Kier molecular flexibility index (Phi) is 5.85. The molecule has 166 valence electrons. The van der Waals surface area contributed by atoms with E-state index in [4.69, 9.17) is 4.74 Å². The van der Waals surface area contributed by atoms with Crippen molar-refractivity contribution >= 4 is 15.9 Å². The van der Waals surface area contributed by atoms with E-state index in [9.17, 15) is 13.2 Å². The summed E-state index contributed by atoms with van der Waals surface area (Å²) >= 11 is 0. The molecule has 3 fully saturated rings. The van der Waals surface area contributed by atoms with Gasteiger partial charge in [-0.1, -0.05) is 20.3 Å². The molecule has 0 bridgehead atoms. The Morgan fingerprint density at radius 1 is 1.20 bits per heavy atom. The van der Waals surface area contributed by atoms with E-state index in [1.165, 1.54) is 0 Å². The maximum atomic E-state index is 13.1. The quantitative estimate of drug-likeness (QED) is 0.739. The van der Waals surface area contributed by atoms with Crippen molar-refractivity contribution in [2.45, 2.75) is 43.5 Å². The smallest absolute Gasteiger partial charge is 0.243 e. The van der Waals surface area contributed by atoms with Gasteiger partial charge in [0, 0.05) is 44.2 Å². The standard InChI is InChI=1S/C22H33N3O4S/c1-4-16(2)13-24-14-19-20(15-24)22(23-21(19)26)9-11-25(12-10-22)30(27,28)18-7-5-17(29-3)6-8-18/h5-8,16,19-20H,4,9-15H2,1-3H3,(H,23,26)/t16-,19-,20+/m1/s1. The van der Waals surface area contributed by atoms with Crippen LogP contribution in [0.3, 0.4) is 0 Å². The third kappa shape index (κ3) is 3.74. The van der Waals surface area contributed by atoms with Gasteiger partial charge in [0.25, 0.3) is 0 Å². The number of piperidine rings is 1. The molecule has 0 aliphatic carbocycles. The minimum Gasteiger partial charge on any atom is -0.497 e. The summed E-state index contributed by atoms with van der Waals surface area (Å²) in [4.78, 5) is 15.4. The minimum absolute atomic E-state index is 0.0406. The highest BCUT2D eigenvalue weighted by Crippen LogP contribution is 2.44. The largest absolute Gasteiger partial charge is 0.497 e. The zero-order valence-electron chi connectivity index (χ0n) is 18.1. The van der Waals surface area contributed by atoms with E-state index < -0.39 is 10.0 Å². The molecular formula is C22H33N3O4S. The summed E-state index contributed by atoms with van der Waals surface area (Å²) in [6.45, 7) is 8.12. The number of benzene rings is 1. The first kappa shape index (κ1) is 21.6. The molecular weight excluding hydrogens is 402 g/mol. The van der Waals surface area contributed by atoms with Gasteiger partial charge in [0.15, 0.2) is 0 Å². The van der Waals surface area contributed by atoms with Crippen molar-refractivity contribution in [3.05, 3.63) is 24.3 Å². The van der Waals surface area contributed by atoms with Crippen molar-refractivity contribution in [1.82, 2.24) is 14.5 Å². The molecule has 1 spiro atoms. The van der Waals surface area contributed by atoms with E-state index in [2.05, 4.69) is 24.1 Å². The lowest BCUT2D eigenvalue weighted by molar-refractivity contribution is -0.123. The van der Waals surface area contributed by atoms with Gasteiger partial charge in [-0.25, -0.2) is 8.42 Å². The summed E-state index contributed by atoms with van der Waals surface area (Å²) in [6, 6.07) is 6.53. The van der Waals surface area contributed by atoms with Crippen molar-refractivity contribution in [3.63, 3.8) is 0 Å². The van der Waals surface area contributed by atoms with Crippen LogP contribution in [0.4, 0.5) is 0 Å². The number of carbonyl (C=O) groups excluding carboxylic acids is 1. The monoisotopic (exact) mass is 435 g/mol. The number of hydrogen-bond donors (Lipinski definition) is 1. The molecule has 4 rings (SSSR count). The third-order valence-corrected chi connectivity index (χ3v) is 9.31. The van der Waals surface area contributed by atoms with Gasteiger partial charge in [0.2, 0.25) is 15.9 Å². The normalized spacial score (nSPS) is 27.8. The lowest BCUT2D eigenvalue weighted by Crippen LogP contribution is -2.56. The number of fused-ring (bicyclic) bond motifs is 2. The van der Waals surface area contributed by atoms with Gasteiger partial charge in [-0.15, -0.1) is 0 Å². The molecule has 3 aliphatic rings. The van der Waals surface area contributed by atoms with E-state index in [0.717, 1.165) is 26.1 Å². The van der Waals surface area contributed by atoms with E-state index in [1.807, 2.05) is 0 Å². The highest BCUT2D eigenvalue weighted by atomic mass is 32.2. The van der Waals surface area contributed by atoms with E-state index in [0.29, 0.717) is 37.6 Å². The number of amides is 1. The zero-order valence-corrected chi connectivity index (χ0v) is 19.0. The van der Waals surface area contributed by atoms with Crippen molar-refractivity contribution in [2.24, 2.45) is 17.8 Å². The summed E-state index contributed by atoms with van der Waals surface area (Å²) < 4.78 is 32.8. The van der Waals surface area contributed by atoms with Gasteiger partial charge in [-0.05, 0) is 43.0 Å². The zero-order chi connectivity index (χ0) is 21.5.